The van der Waals surface area contributed by atoms with Crippen LogP contribution in [0.3, 0.4) is 0 Å². The maximum atomic E-state index is 10.8. The molecule has 0 saturated heterocycles. The van der Waals surface area contributed by atoms with E-state index in [0.717, 1.165) is 11.1 Å². The van der Waals surface area contributed by atoms with E-state index in [1.807, 2.05) is 19.1 Å². The molecule has 0 atom stereocenters. The van der Waals surface area contributed by atoms with Crippen LogP contribution in [0.4, 0.5) is 0 Å². The number of ether oxygens (including phenoxy) is 1. The monoisotopic (exact) mass is 241 g/mol. The summed E-state index contributed by atoms with van der Waals surface area (Å²) >= 11 is 6.02. The second-order valence-corrected chi connectivity index (χ2v) is 4.13. The van der Waals surface area contributed by atoms with Crippen LogP contribution < -0.4 is 10.1 Å². The molecule has 4 heteroatoms. The minimum absolute atomic E-state index is 0.122. The number of carbonyl (C=O) groups is 1. The molecular formula is C12H16ClNO2. The summed E-state index contributed by atoms with van der Waals surface area (Å²) in [4.78, 5) is 10.8. The molecule has 0 unspecified atom stereocenters. The van der Waals surface area contributed by atoms with Crippen molar-refractivity contribution in [2.24, 2.45) is 0 Å². The minimum atomic E-state index is 0.122. The van der Waals surface area contributed by atoms with Crippen molar-refractivity contribution in [2.75, 3.05) is 13.7 Å². The molecule has 1 rings (SSSR count). The first-order valence-corrected chi connectivity index (χ1v) is 5.45. The van der Waals surface area contributed by atoms with Crippen molar-refractivity contribution < 1.29 is 9.53 Å². The average molecular weight is 242 g/mol. The van der Waals surface area contributed by atoms with E-state index >= 15 is 0 Å². The molecule has 16 heavy (non-hydrogen) atoms. The number of rotatable bonds is 5. The van der Waals surface area contributed by atoms with Crippen LogP contribution in [-0.2, 0) is 11.3 Å². The van der Waals surface area contributed by atoms with Crippen LogP contribution in [0.25, 0.3) is 0 Å². The SMILES string of the molecule is COc1cc(C)c(CNCC(C)=O)cc1Cl. The molecular weight excluding hydrogens is 226 g/mol. The molecule has 0 bridgehead atoms. The normalized spacial score (nSPS) is 10.2. The number of Topliss-reactive ketones (excluding diaryl/α,β-unsaturated/α-hetero) is 1. The fraction of sp³-hybridized carbons (Fsp3) is 0.417. The fourth-order valence-corrected chi connectivity index (χ4v) is 1.68. The summed E-state index contributed by atoms with van der Waals surface area (Å²) in [5, 5.41) is 3.65. The van der Waals surface area contributed by atoms with E-state index in [1.54, 1.807) is 14.0 Å². The Hall–Kier alpha value is -1.06. The number of carbonyl (C=O) groups excluding carboxylic acids is 1. The van der Waals surface area contributed by atoms with E-state index in [1.165, 1.54) is 0 Å². The molecule has 1 aromatic rings. The van der Waals surface area contributed by atoms with Gasteiger partial charge in [-0.2, -0.15) is 0 Å². The van der Waals surface area contributed by atoms with Gasteiger partial charge in [0.2, 0.25) is 0 Å². The van der Waals surface area contributed by atoms with Crippen LogP contribution in [0.15, 0.2) is 12.1 Å². The molecule has 0 aliphatic heterocycles. The summed E-state index contributed by atoms with van der Waals surface area (Å²) in [6.07, 6.45) is 0. The van der Waals surface area contributed by atoms with Gasteiger partial charge in [0.15, 0.2) is 0 Å². The summed E-state index contributed by atoms with van der Waals surface area (Å²) < 4.78 is 5.12. The highest BCUT2D eigenvalue weighted by molar-refractivity contribution is 6.32. The molecule has 0 saturated carbocycles. The van der Waals surface area contributed by atoms with Gasteiger partial charge < -0.3 is 10.1 Å². The van der Waals surface area contributed by atoms with E-state index < -0.39 is 0 Å². The lowest BCUT2D eigenvalue weighted by atomic mass is 10.1. The first-order valence-electron chi connectivity index (χ1n) is 5.07. The standard InChI is InChI=1S/C12H16ClNO2/c1-8-4-12(16-3)11(13)5-10(8)7-14-6-9(2)15/h4-5,14H,6-7H2,1-3H3. The van der Waals surface area contributed by atoms with Gasteiger partial charge in [0.1, 0.15) is 11.5 Å². The van der Waals surface area contributed by atoms with Crippen molar-refractivity contribution in [2.45, 2.75) is 20.4 Å². The predicted molar refractivity (Wildman–Crippen MR) is 65.1 cm³/mol. The van der Waals surface area contributed by atoms with Gasteiger partial charge in [-0.3, -0.25) is 4.79 Å². The van der Waals surface area contributed by atoms with Gasteiger partial charge in [0.05, 0.1) is 18.7 Å². The van der Waals surface area contributed by atoms with E-state index in [4.69, 9.17) is 16.3 Å². The van der Waals surface area contributed by atoms with Gasteiger partial charge >= 0.3 is 0 Å². The minimum Gasteiger partial charge on any atom is -0.495 e. The first-order chi connectivity index (χ1) is 7.54. The highest BCUT2D eigenvalue weighted by atomic mass is 35.5. The summed E-state index contributed by atoms with van der Waals surface area (Å²) in [7, 11) is 1.59. The molecule has 1 aromatic carbocycles. The lowest BCUT2D eigenvalue weighted by molar-refractivity contribution is -0.116. The molecule has 1 N–H and O–H groups in total. The average Bonchev–Trinajstić information content (AvgIpc) is 2.22. The summed E-state index contributed by atoms with van der Waals surface area (Å²) in [5.41, 5.74) is 2.17. The number of benzene rings is 1. The Balaban J connectivity index is 2.73. The van der Waals surface area contributed by atoms with E-state index in [0.29, 0.717) is 23.9 Å². The van der Waals surface area contributed by atoms with E-state index in [9.17, 15) is 4.79 Å². The number of halogens is 1. The number of nitrogens with one attached hydrogen (secondary N) is 1. The van der Waals surface area contributed by atoms with Crippen LogP contribution in [-0.4, -0.2) is 19.4 Å². The Bertz CT molecular complexity index is 391. The summed E-state index contributed by atoms with van der Waals surface area (Å²) in [6, 6.07) is 3.76. The van der Waals surface area contributed by atoms with Gasteiger partial charge in [-0.15, -0.1) is 0 Å². The van der Waals surface area contributed by atoms with Crippen molar-refractivity contribution in [3.05, 3.63) is 28.3 Å². The lowest BCUT2D eigenvalue weighted by Gasteiger charge is -2.10. The van der Waals surface area contributed by atoms with E-state index in [-0.39, 0.29) is 5.78 Å². The van der Waals surface area contributed by atoms with Crippen LogP contribution in [0.1, 0.15) is 18.1 Å². The van der Waals surface area contributed by atoms with Gasteiger partial charge in [-0.25, -0.2) is 0 Å². The van der Waals surface area contributed by atoms with Crippen molar-refractivity contribution in [1.82, 2.24) is 5.32 Å². The fourth-order valence-electron chi connectivity index (χ4n) is 1.42. The van der Waals surface area contributed by atoms with Crippen molar-refractivity contribution in [3.63, 3.8) is 0 Å². The molecule has 0 spiro atoms. The maximum absolute atomic E-state index is 10.8. The van der Waals surface area contributed by atoms with Crippen LogP contribution in [0, 0.1) is 6.92 Å². The Morgan fingerprint density at radius 2 is 2.19 bits per heavy atom. The molecule has 0 aromatic heterocycles. The number of methoxy groups -OCH3 is 1. The van der Waals surface area contributed by atoms with Crippen LogP contribution in [0.2, 0.25) is 5.02 Å². The molecule has 0 heterocycles. The van der Waals surface area contributed by atoms with Crippen molar-refractivity contribution in [3.8, 4) is 5.75 Å². The Morgan fingerprint density at radius 3 is 2.75 bits per heavy atom. The molecule has 0 fully saturated rings. The maximum Gasteiger partial charge on any atom is 0.143 e. The second-order valence-electron chi connectivity index (χ2n) is 3.72. The van der Waals surface area contributed by atoms with Gasteiger partial charge in [0, 0.05) is 6.54 Å². The van der Waals surface area contributed by atoms with Crippen LogP contribution >= 0.6 is 11.6 Å². The molecule has 3 nitrogen and oxygen atoms in total. The molecule has 0 amide bonds. The summed E-state index contributed by atoms with van der Waals surface area (Å²) in [5.74, 6) is 0.798. The quantitative estimate of drug-likeness (QED) is 0.860. The highest BCUT2D eigenvalue weighted by Gasteiger charge is 2.06. The molecule has 0 aliphatic carbocycles. The Kier molecular flexibility index (Phi) is 4.77. The van der Waals surface area contributed by atoms with Crippen LogP contribution in [0.5, 0.6) is 5.75 Å². The zero-order chi connectivity index (χ0) is 12.1. The molecule has 0 aliphatic rings. The Labute approximate surface area is 101 Å². The first kappa shape index (κ1) is 13.0. The number of hydrogen-bond acceptors (Lipinski definition) is 3. The third kappa shape index (κ3) is 3.51. The second kappa shape index (κ2) is 5.87. The smallest absolute Gasteiger partial charge is 0.143 e. The number of hydrogen-bond donors (Lipinski definition) is 1. The largest absolute Gasteiger partial charge is 0.495 e. The summed E-state index contributed by atoms with van der Waals surface area (Å²) in [6.45, 7) is 4.56. The topological polar surface area (TPSA) is 38.3 Å². The number of aryl methyl sites for hydroxylation is 1. The van der Waals surface area contributed by atoms with Gasteiger partial charge in [-0.05, 0) is 37.1 Å². The molecule has 88 valence electrons. The van der Waals surface area contributed by atoms with Gasteiger partial charge in [-0.1, -0.05) is 11.6 Å². The molecule has 0 radical (unpaired) electrons. The zero-order valence-corrected chi connectivity index (χ0v) is 10.5. The van der Waals surface area contributed by atoms with Gasteiger partial charge in [0.25, 0.3) is 0 Å². The third-order valence-electron chi connectivity index (χ3n) is 2.30. The highest BCUT2D eigenvalue weighted by Crippen LogP contribution is 2.27. The van der Waals surface area contributed by atoms with Crippen molar-refractivity contribution >= 4 is 17.4 Å². The number of ketones is 1. The lowest BCUT2D eigenvalue weighted by Crippen LogP contribution is -2.20. The zero-order valence-electron chi connectivity index (χ0n) is 9.76. The van der Waals surface area contributed by atoms with E-state index in [2.05, 4.69) is 5.32 Å². The Morgan fingerprint density at radius 1 is 1.50 bits per heavy atom. The van der Waals surface area contributed by atoms with Crippen molar-refractivity contribution in [1.29, 1.82) is 0 Å². The third-order valence-corrected chi connectivity index (χ3v) is 2.60. The predicted octanol–water partition coefficient (Wildman–Crippen LogP) is 2.34.